The zero-order valence-electron chi connectivity index (χ0n) is 6.92. The van der Waals surface area contributed by atoms with Crippen LogP contribution in [-0.2, 0) is 0 Å². The van der Waals surface area contributed by atoms with Crippen molar-refractivity contribution in [2.45, 2.75) is 19.9 Å². The third-order valence-corrected chi connectivity index (χ3v) is 3.09. The fourth-order valence-electron chi connectivity index (χ4n) is 0.901. The molecule has 3 heteroatoms. The second-order valence-electron chi connectivity index (χ2n) is 2.73. The summed E-state index contributed by atoms with van der Waals surface area (Å²) in [7, 11) is 0. The molecule has 0 bridgehead atoms. The third-order valence-electron chi connectivity index (χ3n) is 1.80. The van der Waals surface area contributed by atoms with E-state index in [1.165, 1.54) is 15.3 Å². The predicted octanol–water partition coefficient (Wildman–Crippen LogP) is 1.32. The number of hydrogen-bond acceptors (Lipinski definition) is 3. The van der Waals surface area contributed by atoms with Gasteiger partial charge in [0.15, 0.2) is 0 Å². The van der Waals surface area contributed by atoms with E-state index >= 15 is 0 Å². The molecule has 1 atom stereocenters. The number of nitrogens with two attached hydrogens (primary N) is 2. The van der Waals surface area contributed by atoms with Crippen molar-refractivity contribution in [1.82, 2.24) is 0 Å². The van der Waals surface area contributed by atoms with Gasteiger partial charge in [-0.3, -0.25) is 0 Å². The molecule has 0 aliphatic rings. The molecule has 1 aromatic rings. The van der Waals surface area contributed by atoms with Gasteiger partial charge in [-0.25, -0.2) is 0 Å². The van der Waals surface area contributed by atoms with Crippen LogP contribution < -0.4 is 11.5 Å². The van der Waals surface area contributed by atoms with Gasteiger partial charge in [-0.15, -0.1) is 11.3 Å². The van der Waals surface area contributed by atoms with Gasteiger partial charge in [0.05, 0.1) is 6.04 Å². The highest BCUT2D eigenvalue weighted by molar-refractivity contribution is 7.12. The molecule has 0 amide bonds. The van der Waals surface area contributed by atoms with Crippen molar-refractivity contribution in [2.75, 3.05) is 6.54 Å². The highest BCUT2D eigenvalue weighted by Gasteiger charge is 2.07. The van der Waals surface area contributed by atoms with E-state index in [1.807, 2.05) is 0 Å². The summed E-state index contributed by atoms with van der Waals surface area (Å²) in [5.74, 6) is 0. The Balaban J connectivity index is 2.88. The van der Waals surface area contributed by atoms with Crippen LogP contribution in [0.1, 0.15) is 21.4 Å². The van der Waals surface area contributed by atoms with Gasteiger partial charge >= 0.3 is 0 Å². The van der Waals surface area contributed by atoms with E-state index in [0.29, 0.717) is 6.54 Å². The molecule has 0 radical (unpaired) electrons. The largest absolute Gasteiger partial charge is 0.329 e. The summed E-state index contributed by atoms with van der Waals surface area (Å²) in [6.07, 6.45) is 0. The number of thiophene rings is 1. The zero-order valence-corrected chi connectivity index (χ0v) is 7.74. The maximum Gasteiger partial charge on any atom is 0.0514 e. The van der Waals surface area contributed by atoms with Crippen LogP contribution >= 0.6 is 11.3 Å². The number of aryl methyl sites for hydroxylation is 2. The highest BCUT2D eigenvalue weighted by Crippen LogP contribution is 2.24. The van der Waals surface area contributed by atoms with Crippen molar-refractivity contribution >= 4 is 11.3 Å². The van der Waals surface area contributed by atoms with E-state index in [2.05, 4.69) is 19.9 Å². The van der Waals surface area contributed by atoms with Crippen molar-refractivity contribution in [3.63, 3.8) is 0 Å². The Hall–Kier alpha value is -0.380. The SMILES string of the molecule is Cc1cc([C@@H](N)CN)sc1C. The lowest BCUT2D eigenvalue weighted by atomic mass is 10.2. The molecule has 0 aliphatic heterocycles. The minimum absolute atomic E-state index is 0.0207. The molecular weight excluding hydrogens is 156 g/mol. The monoisotopic (exact) mass is 170 g/mol. The van der Waals surface area contributed by atoms with Gasteiger partial charge in [-0.05, 0) is 25.5 Å². The second-order valence-corrected chi connectivity index (χ2v) is 4.02. The first-order chi connectivity index (χ1) is 5.15. The summed E-state index contributed by atoms with van der Waals surface area (Å²) >= 11 is 1.74. The summed E-state index contributed by atoms with van der Waals surface area (Å²) in [6, 6.07) is 2.14. The van der Waals surface area contributed by atoms with E-state index in [1.54, 1.807) is 11.3 Å². The Bertz CT molecular complexity index is 223. The molecule has 0 fully saturated rings. The average molecular weight is 170 g/mol. The van der Waals surface area contributed by atoms with Gasteiger partial charge in [-0.1, -0.05) is 0 Å². The molecule has 62 valence electrons. The maximum atomic E-state index is 5.76. The van der Waals surface area contributed by atoms with Crippen LogP contribution in [0.25, 0.3) is 0 Å². The van der Waals surface area contributed by atoms with Crippen LogP contribution in [0.15, 0.2) is 6.07 Å². The summed E-state index contributed by atoms with van der Waals surface area (Å²) in [5, 5.41) is 0. The molecule has 2 nitrogen and oxygen atoms in total. The Morgan fingerprint density at radius 3 is 2.55 bits per heavy atom. The normalized spacial score (nSPS) is 13.5. The Labute approximate surface area is 71.2 Å². The predicted molar refractivity (Wildman–Crippen MR) is 49.8 cm³/mol. The third kappa shape index (κ3) is 1.80. The van der Waals surface area contributed by atoms with Crippen LogP contribution in [0.4, 0.5) is 0 Å². The molecular formula is C8H14N2S. The smallest absolute Gasteiger partial charge is 0.0514 e. The van der Waals surface area contributed by atoms with Gasteiger partial charge in [0, 0.05) is 16.3 Å². The molecule has 1 rings (SSSR count). The zero-order chi connectivity index (χ0) is 8.43. The molecule has 0 aliphatic carbocycles. The van der Waals surface area contributed by atoms with Crippen LogP contribution in [0, 0.1) is 13.8 Å². The van der Waals surface area contributed by atoms with Crippen molar-refractivity contribution in [3.05, 3.63) is 21.4 Å². The van der Waals surface area contributed by atoms with E-state index < -0.39 is 0 Å². The summed E-state index contributed by atoms with van der Waals surface area (Å²) in [5.41, 5.74) is 12.5. The lowest BCUT2D eigenvalue weighted by Gasteiger charge is -2.03. The quantitative estimate of drug-likeness (QED) is 0.703. The Kier molecular flexibility index (Phi) is 2.65. The molecule has 1 aromatic heterocycles. The molecule has 0 spiro atoms. The number of hydrogen-bond donors (Lipinski definition) is 2. The number of rotatable bonds is 2. The fourth-order valence-corrected chi connectivity index (χ4v) is 1.96. The van der Waals surface area contributed by atoms with Gasteiger partial charge in [-0.2, -0.15) is 0 Å². The van der Waals surface area contributed by atoms with Gasteiger partial charge in [0.25, 0.3) is 0 Å². The minimum atomic E-state index is 0.0207. The van der Waals surface area contributed by atoms with Gasteiger partial charge < -0.3 is 11.5 Å². The van der Waals surface area contributed by atoms with Crippen LogP contribution in [0.3, 0.4) is 0 Å². The molecule has 0 aromatic carbocycles. The van der Waals surface area contributed by atoms with Crippen LogP contribution in [-0.4, -0.2) is 6.54 Å². The molecule has 0 unspecified atom stereocenters. The highest BCUT2D eigenvalue weighted by atomic mass is 32.1. The van der Waals surface area contributed by atoms with E-state index in [-0.39, 0.29) is 6.04 Å². The molecule has 11 heavy (non-hydrogen) atoms. The standard InChI is InChI=1S/C8H14N2S/c1-5-3-8(7(10)4-9)11-6(5)2/h3,7H,4,9-10H2,1-2H3/t7-/m0/s1. The van der Waals surface area contributed by atoms with E-state index in [0.717, 1.165) is 0 Å². The molecule has 0 saturated heterocycles. The van der Waals surface area contributed by atoms with Crippen molar-refractivity contribution in [2.24, 2.45) is 11.5 Å². The van der Waals surface area contributed by atoms with Crippen LogP contribution in [0.2, 0.25) is 0 Å². The first kappa shape index (κ1) is 8.71. The van der Waals surface area contributed by atoms with E-state index in [9.17, 15) is 0 Å². The van der Waals surface area contributed by atoms with Crippen molar-refractivity contribution in [1.29, 1.82) is 0 Å². The first-order valence-corrected chi connectivity index (χ1v) is 4.49. The second kappa shape index (κ2) is 3.34. The Morgan fingerprint density at radius 2 is 2.18 bits per heavy atom. The summed E-state index contributed by atoms with van der Waals surface area (Å²) in [4.78, 5) is 2.53. The summed E-state index contributed by atoms with van der Waals surface area (Å²) in [6.45, 7) is 4.73. The van der Waals surface area contributed by atoms with Gasteiger partial charge in [0.1, 0.15) is 0 Å². The first-order valence-electron chi connectivity index (χ1n) is 3.67. The summed E-state index contributed by atoms with van der Waals surface area (Å²) < 4.78 is 0. The van der Waals surface area contributed by atoms with Crippen molar-refractivity contribution in [3.8, 4) is 0 Å². The minimum Gasteiger partial charge on any atom is -0.329 e. The van der Waals surface area contributed by atoms with E-state index in [4.69, 9.17) is 11.5 Å². The maximum absolute atomic E-state index is 5.76. The Morgan fingerprint density at radius 1 is 1.55 bits per heavy atom. The van der Waals surface area contributed by atoms with Gasteiger partial charge in [0.2, 0.25) is 0 Å². The lowest BCUT2D eigenvalue weighted by Crippen LogP contribution is -2.19. The molecule has 0 saturated carbocycles. The van der Waals surface area contributed by atoms with Crippen LogP contribution in [0.5, 0.6) is 0 Å². The average Bonchev–Trinajstić information content (AvgIpc) is 2.31. The molecule has 1 heterocycles. The fraction of sp³-hybridized carbons (Fsp3) is 0.500. The topological polar surface area (TPSA) is 52.0 Å². The van der Waals surface area contributed by atoms with Crippen molar-refractivity contribution < 1.29 is 0 Å². The lowest BCUT2D eigenvalue weighted by molar-refractivity contribution is 0.751. The molecule has 4 N–H and O–H groups in total.